The number of carbonyl (C=O) groups is 1. The van der Waals surface area contributed by atoms with Crippen LogP contribution in [0.5, 0.6) is 0 Å². The number of carbonyl (C=O) groups excluding carboxylic acids is 1. The smallest absolute Gasteiger partial charge is 0.410 e. The van der Waals surface area contributed by atoms with E-state index < -0.39 is 11.5 Å². The fourth-order valence-corrected chi connectivity index (χ4v) is 4.29. The second-order valence-corrected chi connectivity index (χ2v) is 8.17. The number of amides is 1. The van der Waals surface area contributed by atoms with Crippen molar-refractivity contribution in [3.8, 4) is 0 Å². The van der Waals surface area contributed by atoms with Crippen molar-refractivity contribution in [1.82, 2.24) is 9.88 Å². The molecule has 0 N–H and O–H groups in total. The molecule has 0 saturated carbocycles. The highest BCUT2D eigenvalue weighted by atomic mass is 19.1. The SMILES string of the molecule is CC(C)(c1ncco1)[C@H]1CC[C@@H](c2cccc(F)c2)N1C(=O)OCc1ccccc1. The maximum absolute atomic E-state index is 13.9. The number of oxazole rings is 1. The van der Waals surface area contributed by atoms with Crippen molar-refractivity contribution >= 4 is 6.09 Å². The molecule has 30 heavy (non-hydrogen) atoms. The lowest BCUT2D eigenvalue weighted by molar-refractivity contribution is 0.0607. The van der Waals surface area contributed by atoms with E-state index in [1.807, 2.05) is 50.2 Å². The van der Waals surface area contributed by atoms with E-state index in [0.29, 0.717) is 12.3 Å². The van der Waals surface area contributed by atoms with Crippen LogP contribution in [0.1, 0.15) is 49.7 Å². The van der Waals surface area contributed by atoms with Gasteiger partial charge in [0.2, 0.25) is 5.89 Å². The first kappa shape index (κ1) is 20.1. The van der Waals surface area contributed by atoms with Crippen LogP contribution in [0.3, 0.4) is 0 Å². The molecular weight excluding hydrogens is 383 g/mol. The third kappa shape index (κ3) is 3.95. The van der Waals surface area contributed by atoms with Crippen LogP contribution in [0.2, 0.25) is 0 Å². The van der Waals surface area contributed by atoms with Crippen LogP contribution in [-0.4, -0.2) is 22.0 Å². The first-order chi connectivity index (χ1) is 14.5. The van der Waals surface area contributed by atoms with Crippen molar-refractivity contribution in [1.29, 1.82) is 0 Å². The van der Waals surface area contributed by atoms with E-state index in [1.165, 1.54) is 18.4 Å². The first-order valence-electron chi connectivity index (χ1n) is 10.1. The average Bonchev–Trinajstić information content (AvgIpc) is 3.43. The molecule has 0 radical (unpaired) electrons. The van der Waals surface area contributed by atoms with Gasteiger partial charge in [-0.15, -0.1) is 0 Å². The molecule has 0 unspecified atom stereocenters. The van der Waals surface area contributed by atoms with Crippen LogP contribution in [0.25, 0.3) is 0 Å². The third-order valence-electron chi connectivity index (χ3n) is 5.85. The molecule has 1 fully saturated rings. The van der Waals surface area contributed by atoms with E-state index in [-0.39, 0.29) is 24.5 Å². The molecule has 1 amide bonds. The number of benzene rings is 2. The van der Waals surface area contributed by atoms with Gasteiger partial charge in [0, 0.05) is 6.04 Å². The Hall–Kier alpha value is -3.15. The summed E-state index contributed by atoms with van der Waals surface area (Å²) in [5.74, 6) is 0.244. The zero-order valence-corrected chi connectivity index (χ0v) is 17.1. The lowest BCUT2D eigenvalue weighted by Gasteiger charge is -2.37. The lowest BCUT2D eigenvalue weighted by Crippen LogP contribution is -2.47. The largest absolute Gasteiger partial charge is 0.448 e. The Bertz CT molecular complexity index is 989. The molecule has 3 aromatic rings. The fourth-order valence-electron chi connectivity index (χ4n) is 4.29. The molecule has 0 aliphatic carbocycles. The highest BCUT2D eigenvalue weighted by Gasteiger charge is 2.48. The molecule has 1 aliphatic rings. The summed E-state index contributed by atoms with van der Waals surface area (Å²) in [5, 5.41) is 0. The Morgan fingerprint density at radius 1 is 1.20 bits per heavy atom. The normalized spacial score (nSPS) is 19.1. The zero-order chi connectivity index (χ0) is 21.1. The average molecular weight is 408 g/mol. The minimum atomic E-state index is -0.530. The number of rotatable bonds is 5. The van der Waals surface area contributed by atoms with Gasteiger partial charge in [-0.1, -0.05) is 42.5 Å². The predicted molar refractivity (Wildman–Crippen MR) is 110 cm³/mol. The van der Waals surface area contributed by atoms with Crippen LogP contribution in [0, 0.1) is 5.82 Å². The van der Waals surface area contributed by atoms with Crippen LogP contribution in [-0.2, 0) is 16.8 Å². The van der Waals surface area contributed by atoms with Crippen molar-refractivity contribution in [3.05, 3.63) is 89.9 Å². The van der Waals surface area contributed by atoms with Crippen LogP contribution < -0.4 is 0 Å². The standard InChI is InChI=1S/C24H25FN2O3/c1-24(2,22-26-13-14-29-22)21-12-11-20(18-9-6-10-19(25)15-18)27(21)23(28)30-16-17-7-4-3-5-8-17/h3-10,13-15,20-21H,11-12,16H2,1-2H3/t20-,21+/m0/s1. The zero-order valence-electron chi connectivity index (χ0n) is 17.1. The monoisotopic (exact) mass is 408 g/mol. The topological polar surface area (TPSA) is 55.6 Å². The molecule has 0 bridgehead atoms. The summed E-state index contributed by atoms with van der Waals surface area (Å²) in [6, 6.07) is 15.5. The van der Waals surface area contributed by atoms with Gasteiger partial charge in [-0.3, -0.25) is 4.90 Å². The molecule has 0 spiro atoms. The van der Waals surface area contributed by atoms with Crippen LogP contribution in [0.4, 0.5) is 9.18 Å². The van der Waals surface area contributed by atoms with E-state index >= 15 is 0 Å². The summed E-state index contributed by atoms with van der Waals surface area (Å²) in [6.07, 6.45) is 4.16. The Kier molecular flexibility index (Phi) is 5.57. The predicted octanol–water partition coefficient (Wildman–Crippen LogP) is 5.63. The molecule has 2 aromatic carbocycles. The van der Waals surface area contributed by atoms with E-state index in [9.17, 15) is 9.18 Å². The quantitative estimate of drug-likeness (QED) is 0.549. The molecule has 4 rings (SSSR count). The van der Waals surface area contributed by atoms with Gasteiger partial charge in [-0.2, -0.15) is 0 Å². The van der Waals surface area contributed by atoms with Crippen molar-refractivity contribution < 1.29 is 18.3 Å². The van der Waals surface area contributed by atoms with Crippen LogP contribution >= 0.6 is 0 Å². The number of halogens is 1. The third-order valence-corrected chi connectivity index (χ3v) is 5.85. The van der Waals surface area contributed by atoms with Gasteiger partial charge in [-0.25, -0.2) is 14.2 Å². The molecule has 156 valence electrons. The molecular formula is C24H25FN2O3. The van der Waals surface area contributed by atoms with Gasteiger partial charge in [0.05, 0.1) is 17.7 Å². The summed E-state index contributed by atoms with van der Waals surface area (Å²) in [5.41, 5.74) is 1.14. The van der Waals surface area contributed by atoms with Crippen molar-refractivity contribution in [3.63, 3.8) is 0 Å². The summed E-state index contributed by atoms with van der Waals surface area (Å²) in [7, 11) is 0. The summed E-state index contributed by atoms with van der Waals surface area (Å²) < 4.78 is 25.2. The van der Waals surface area contributed by atoms with Gasteiger partial charge in [-0.05, 0) is 49.9 Å². The van der Waals surface area contributed by atoms with E-state index in [2.05, 4.69) is 4.98 Å². The van der Waals surface area contributed by atoms with Gasteiger partial charge in [0.25, 0.3) is 0 Å². The highest BCUT2D eigenvalue weighted by molar-refractivity contribution is 5.70. The molecule has 6 heteroatoms. The number of hydrogen-bond acceptors (Lipinski definition) is 4. The maximum atomic E-state index is 13.9. The molecule has 2 atom stereocenters. The highest BCUT2D eigenvalue weighted by Crippen LogP contribution is 2.44. The van der Waals surface area contributed by atoms with Gasteiger partial charge in [0.15, 0.2) is 0 Å². The number of aromatic nitrogens is 1. The van der Waals surface area contributed by atoms with E-state index in [4.69, 9.17) is 9.15 Å². The maximum Gasteiger partial charge on any atom is 0.410 e. The molecule has 2 heterocycles. The molecule has 1 aromatic heterocycles. The Labute approximate surface area is 175 Å². The molecule has 1 saturated heterocycles. The lowest BCUT2D eigenvalue weighted by atomic mass is 9.83. The number of nitrogens with zero attached hydrogens (tertiary/aromatic N) is 2. The van der Waals surface area contributed by atoms with E-state index in [1.54, 1.807) is 17.2 Å². The number of hydrogen-bond donors (Lipinski definition) is 0. The van der Waals surface area contributed by atoms with Gasteiger partial charge < -0.3 is 9.15 Å². The Morgan fingerprint density at radius 2 is 2.00 bits per heavy atom. The minimum absolute atomic E-state index is 0.179. The second kappa shape index (κ2) is 8.30. The number of ether oxygens (including phenoxy) is 1. The van der Waals surface area contributed by atoms with Crippen molar-refractivity contribution in [2.75, 3.05) is 0 Å². The van der Waals surface area contributed by atoms with E-state index in [0.717, 1.165) is 17.5 Å². The van der Waals surface area contributed by atoms with Gasteiger partial charge >= 0.3 is 6.09 Å². The van der Waals surface area contributed by atoms with Crippen molar-refractivity contribution in [2.24, 2.45) is 0 Å². The Morgan fingerprint density at radius 3 is 2.70 bits per heavy atom. The van der Waals surface area contributed by atoms with Crippen LogP contribution in [0.15, 0.2) is 71.5 Å². The fraction of sp³-hybridized carbons (Fsp3) is 0.333. The summed E-state index contributed by atoms with van der Waals surface area (Å²) >= 11 is 0. The Balaban J connectivity index is 1.63. The number of likely N-dealkylation sites (tertiary alicyclic amines) is 1. The summed E-state index contributed by atoms with van der Waals surface area (Å²) in [4.78, 5) is 19.3. The van der Waals surface area contributed by atoms with Gasteiger partial charge in [0.1, 0.15) is 18.7 Å². The van der Waals surface area contributed by atoms with Crippen molar-refractivity contribution in [2.45, 2.75) is 50.8 Å². The molecule has 1 aliphatic heterocycles. The molecule has 5 nitrogen and oxygen atoms in total. The second-order valence-electron chi connectivity index (χ2n) is 8.17. The first-order valence-corrected chi connectivity index (χ1v) is 10.1. The summed E-state index contributed by atoms with van der Waals surface area (Å²) in [6.45, 7) is 4.20. The minimum Gasteiger partial charge on any atom is -0.448 e.